The number of amides is 3. The van der Waals surface area contributed by atoms with Crippen molar-refractivity contribution in [3.63, 3.8) is 0 Å². The Balaban J connectivity index is 2.86. The van der Waals surface area contributed by atoms with Gasteiger partial charge in [-0.15, -0.1) is 0 Å². The van der Waals surface area contributed by atoms with Gasteiger partial charge in [-0.3, -0.25) is 9.59 Å². The second-order valence-electron chi connectivity index (χ2n) is 10.3. The summed E-state index contributed by atoms with van der Waals surface area (Å²) in [4.78, 5) is 49.5. The number of methoxy groups -OCH3 is 1. The molecule has 1 rings (SSSR count). The van der Waals surface area contributed by atoms with Gasteiger partial charge in [0.25, 0.3) is 0 Å². The molecule has 0 aromatic rings. The van der Waals surface area contributed by atoms with E-state index in [1.807, 2.05) is 20.8 Å². The van der Waals surface area contributed by atoms with Crippen LogP contribution in [0.1, 0.15) is 73.6 Å². The van der Waals surface area contributed by atoms with Gasteiger partial charge in [0.05, 0.1) is 7.11 Å². The molecule has 0 aromatic carbocycles. The predicted octanol–water partition coefficient (Wildman–Crippen LogP) is 2.28. The Morgan fingerprint density at radius 2 is 1.74 bits per heavy atom. The number of rotatable bonds is 8. The molecule has 9 nitrogen and oxygen atoms in total. The first-order valence-electron chi connectivity index (χ1n) is 10.9. The van der Waals surface area contributed by atoms with Crippen LogP contribution in [0.4, 0.5) is 4.79 Å². The van der Waals surface area contributed by atoms with Crippen molar-refractivity contribution in [3.8, 4) is 0 Å². The summed E-state index contributed by atoms with van der Waals surface area (Å²) in [5.41, 5.74) is -0.972. The van der Waals surface area contributed by atoms with Gasteiger partial charge in [-0.1, -0.05) is 20.8 Å². The second kappa shape index (κ2) is 11.3. The van der Waals surface area contributed by atoms with Crippen molar-refractivity contribution in [2.24, 2.45) is 11.3 Å². The van der Waals surface area contributed by atoms with Crippen LogP contribution in [0.5, 0.6) is 0 Å². The van der Waals surface area contributed by atoms with Gasteiger partial charge in [-0.05, 0) is 58.3 Å². The Morgan fingerprint density at radius 3 is 2.26 bits per heavy atom. The number of piperidine rings is 1. The zero-order chi connectivity index (χ0) is 23.8. The number of esters is 1. The molecule has 1 heterocycles. The summed E-state index contributed by atoms with van der Waals surface area (Å²) in [5, 5.41) is 8.13. The molecule has 178 valence electrons. The maximum atomic E-state index is 13.0. The normalized spacial score (nSPS) is 18.9. The van der Waals surface area contributed by atoms with Crippen LogP contribution in [0, 0.1) is 11.3 Å². The third kappa shape index (κ3) is 10.5. The number of hydrogen-bond acceptors (Lipinski definition) is 6. The third-order valence-corrected chi connectivity index (χ3v) is 4.83. The largest absolute Gasteiger partial charge is 0.467 e. The standard InChI is InChI=1S/C22H39N3O6/c1-21(2,3)13-16(25-20(29)31-22(4,5)6)18(27)24-15(19(28)30-7)11-10-14-9-8-12-23-17(14)26/h14-16H,8-13H2,1-7H3,(H,23,26)(H,24,27)(H,25,29)/t14-,15-,16-/m0/s1. The van der Waals surface area contributed by atoms with Gasteiger partial charge in [-0.25, -0.2) is 9.59 Å². The van der Waals surface area contributed by atoms with Gasteiger partial charge < -0.3 is 25.4 Å². The molecule has 0 bridgehead atoms. The van der Waals surface area contributed by atoms with Crippen LogP contribution in [0.3, 0.4) is 0 Å². The molecular formula is C22H39N3O6. The number of alkyl carbamates (subject to hydrolysis) is 1. The van der Waals surface area contributed by atoms with Crippen molar-refractivity contribution in [1.29, 1.82) is 0 Å². The minimum Gasteiger partial charge on any atom is -0.467 e. The molecule has 0 saturated carbocycles. The van der Waals surface area contributed by atoms with Crippen molar-refractivity contribution < 1.29 is 28.7 Å². The Bertz CT molecular complexity index is 651. The van der Waals surface area contributed by atoms with Gasteiger partial charge in [0.1, 0.15) is 17.7 Å². The number of hydrogen-bond donors (Lipinski definition) is 3. The van der Waals surface area contributed by atoms with E-state index in [9.17, 15) is 19.2 Å². The minimum atomic E-state index is -0.907. The number of carbonyl (C=O) groups is 4. The van der Waals surface area contributed by atoms with E-state index in [2.05, 4.69) is 16.0 Å². The average molecular weight is 442 g/mol. The number of nitrogens with one attached hydrogen (secondary N) is 3. The van der Waals surface area contributed by atoms with E-state index in [4.69, 9.17) is 9.47 Å². The summed E-state index contributed by atoms with van der Waals surface area (Å²) in [6.45, 7) is 11.7. The molecule has 0 radical (unpaired) electrons. The molecule has 0 aromatic heterocycles. The highest BCUT2D eigenvalue weighted by Crippen LogP contribution is 2.22. The van der Waals surface area contributed by atoms with E-state index in [0.29, 0.717) is 19.4 Å². The summed E-state index contributed by atoms with van der Waals surface area (Å²) in [5.74, 6) is -1.30. The molecule has 1 aliphatic rings. The smallest absolute Gasteiger partial charge is 0.408 e. The van der Waals surface area contributed by atoms with Crippen molar-refractivity contribution >= 4 is 23.9 Å². The van der Waals surface area contributed by atoms with Crippen LogP contribution < -0.4 is 16.0 Å². The zero-order valence-corrected chi connectivity index (χ0v) is 19.9. The second-order valence-corrected chi connectivity index (χ2v) is 10.3. The monoisotopic (exact) mass is 441 g/mol. The Hall–Kier alpha value is -2.32. The SMILES string of the molecule is COC(=O)[C@H](CC[C@@H]1CCCNC1=O)NC(=O)[C@H](CC(C)(C)C)NC(=O)OC(C)(C)C. The van der Waals surface area contributed by atoms with Crippen LogP contribution in [-0.4, -0.2) is 55.2 Å². The predicted molar refractivity (Wildman–Crippen MR) is 116 cm³/mol. The van der Waals surface area contributed by atoms with Crippen LogP contribution in [0.15, 0.2) is 0 Å². The number of ether oxygens (including phenoxy) is 2. The van der Waals surface area contributed by atoms with E-state index >= 15 is 0 Å². The van der Waals surface area contributed by atoms with Crippen molar-refractivity contribution in [2.75, 3.05) is 13.7 Å². The summed E-state index contributed by atoms with van der Waals surface area (Å²) in [7, 11) is 1.25. The van der Waals surface area contributed by atoms with E-state index in [1.165, 1.54) is 7.11 Å². The fourth-order valence-corrected chi connectivity index (χ4v) is 3.41. The van der Waals surface area contributed by atoms with E-state index in [0.717, 1.165) is 12.8 Å². The first-order valence-corrected chi connectivity index (χ1v) is 10.9. The quantitative estimate of drug-likeness (QED) is 0.497. The van der Waals surface area contributed by atoms with Crippen LogP contribution in [0.2, 0.25) is 0 Å². The maximum absolute atomic E-state index is 13.0. The topological polar surface area (TPSA) is 123 Å². The van der Waals surface area contributed by atoms with Gasteiger partial charge in [-0.2, -0.15) is 0 Å². The van der Waals surface area contributed by atoms with E-state index in [-0.39, 0.29) is 23.7 Å². The highest BCUT2D eigenvalue weighted by molar-refractivity contribution is 5.89. The molecule has 3 amide bonds. The lowest BCUT2D eigenvalue weighted by molar-refractivity contribution is -0.146. The molecule has 0 aliphatic carbocycles. The fraction of sp³-hybridized carbons (Fsp3) is 0.818. The van der Waals surface area contributed by atoms with E-state index in [1.54, 1.807) is 20.8 Å². The molecule has 31 heavy (non-hydrogen) atoms. The maximum Gasteiger partial charge on any atom is 0.408 e. The fourth-order valence-electron chi connectivity index (χ4n) is 3.41. The van der Waals surface area contributed by atoms with Crippen molar-refractivity contribution in [2.45, 2.75) is 91.3 Å². The van der Waals surface area contributed by atoms with Gasteiger partial charge in [0.15, 0.2) is 0 Å². The minimum absolute atomic E-state index is 0.0293. The Labute approximate surface area is 185 Å². The molecule has 9 heteroatoms. The number of carbonyl (C=O) groups excluding carboxylic acids is 4. The van der Waals surface area contributed by atoms with Gasteiger partial charge in [0.2, 0.25) is 11.8 Å². The van der Waals surface area contributed by atoms with Crippen LogP contribution in [-0.2, 0) is 23.9 Å². The third-order valence-electron chi connectivity index (χ3n) is 4.83. The summed E-state index contributed by atoms with van der Waals surface area (Å²) < 4.78 is 10.1. The zero-order valence-electron chi connectivity index (χ0n) is 19.9. The first-order chi connectivity index (χ1) is 14.2. The van der Waals surface area contributed by atoms with Gasteiger partial charge in [0, 0.05) is 12.5 Å². The van der Waals surface area contributed by atoms with Gasteiger partial charge >= 0.3 is 12.1 Å². The molecule has 1 fully saturated rings. The molecule has 0 spiro atoms. The lowest BCUT2D eigenvalue weighted by Crippen LogP contribution is -2.53. The molecule has 1 saturated heterocycles. The molecule has 0 unspecified atom stereocenters. The Morgan fingerprint density at radius 1 is 1.10 bits per heavy atom. The summed E-state index contributed by atoms with van der Waals surface area (Å²) in [6.07, 6.45) is 2.00. The highest BCUT2D eigenvalue weighted by Gasteiger charge is 2.32. The molecular weight excluding hydrogens is 402 g/mol. The highest BCUT2D eigenvalue weighted by atomic mass is 16.6. The lowest BCUT2D eigenvalue weighted by atomic mass is 9.87. The average Bonchev–Trinajstić information content (AvgIpc) is 2.62. The summed E-state index contributed by atoms with van der Waals surface area (Å²) in [6, 6.07) is -1.80. The van der Waals surface area contributed by atoms with Crippen LogP contribution in [0.25, 0.3) is 0 Å². The first kappa shape index (κ1) is 26.7. The Kier molecular flexibility index (Phi) is 9.77. The lowest BCUT2D eigenvalue weighted by Gasteiger charge is -2.29. The van der Waals surface area contributed by atoms with Crippen LogP contribution >= 0.6 is 0 Å². The van der Waals surface area contributed by atoms with E-state index < -0.39 is 35.7 Å². The molecule has 3 N–H and O–H groups in total. The molecule has 3 atom stereocenters. The summed E-state index contributed by atoms with van der Waals surface area (Å²) >= 11 is 0. The van der Waals surface area contributed by atoms with Crippen molar-refractivity contribution in [3.05, 3.63) is 0 Å². The van der Waals surface area contributed by atoms with Crippen molar-refractivity contribution in [1.82, 2.24) is 16.0 Å². The molecule has 1 aliphatic heterocycles.